The van der Waals surface area contributed by atoms with Crippen LogP contribution < -0.4 is 5.32 Å². The zero-order valence-corrected chi connectivity index (χ0v) is 10.4. The Kier molecular flexibility index (Phi) is 37.6. The molecule has 10 heavy (non-hydrogen) atoms. The SMILES string of the molecule is C1CNCC[N-]1.[CH3-].[CH3-].[CH3-].[Ce+4]. The van der Waals surface area contributed by atoms with Crippen molar-refractivity contribution in [2.75, 3.05) is 26.2 Å². The average Bonchev–Trinajstić information content (AvgIpc) is 1.72. The molecule has 0 amide bonds. The van der Waals surface area contributed by atoms with Gasteiger partial charge < -0.3 is 32.9 Å². The topological polar surface area (TPSA) is 26.1 Å². The van der Waals surface area contributed by atoms with E-state index in [1.807, 2.05) is 0 Å². The molecular weight excluding hydrogens is 252 g/mol. The number of hydrogen-bond acceptors (Lipinski definition) is 1. The molecule has 0 aromatic heterocycles. The number of nitrogens with one attached hydrogen (secondary N) is 1. The standard InChI is InChI=1S/C4H9N2.3CH3.Ce/c1-2-6-4-3-5-1;;;;/h5H,1-4H2;3*1H3;/q4*-1;+4. The zero-order chi connectivity index (χ0) is 4.24. The summed E-state index contributed by atoms with van der Waals surface area (Å²) < 4.78 is 0. The third-order valence-electron chi connectivity index (χ3n) is 0.893. The molecule has 0 unspecified atom stereocenters. The van der Waals surface area contributed by atoms with Crippen molar-refractivity contribution in [3.8, 4) is 0 Å². The summed E-state index contributed by atoms with van der Waals surface area (Å²) in [7, 11) is 0. The van der Waals surface area contributed by atoms with Crippen LogP contribution in [0.5, 0.6) is 0 Å². The van der Waals surface area contributed by atoms with Gasteiger partial charge in [-0.1, -0.05) is 0 Å². The van der Waals surface area contributed by atoms with Crippen LogP contribution in [0.1, 0.15) is 0 Å². The van der Waals surface area contributed by atoms with Crippen LogP contribution in [0.2, 0.25) is 0 Å². The molecule has 1 rings (SSSR count). The van der Waals surface area contributed by atoms with E-state index in [1.165, 1.54) is 0 Å². The van der Waals surface area contributed by atoms with Crippen LogP contribution in [-0.4, -0.2) is 26.2 Å². The van der Waals surface area contributed by atoms with Crippen molar-refractivity contribution in [3.63, 3.8) is 0 Å². The van der Waals surface area contributed by atoms with E-state index in [0.29, 0.717) is 0 Å². The quantitative estimate of drug-likeness (QED) is 0.660. The summed E-state index contributed by atoms with van der Waals surface area (Å²) in [5.41, 5.74) is 0. The third-order valence-corrected chi connectivity index (χ3v) is 0.893. The molecule has 1 saturated heterocycles. The third kappa shape index (κ3) is 12.0. The van der Waals surface area contributed by atoms with Crippen LogP contribution in [0.25, 0.3) is 5.32 Å². The van der Waals surface area contributed by atoms with Crippen molar-refractivity contribution in [1.82, 2.24) is 5.32 Å². The van der Waals surface area contributed by atoms with Gasteiger partial charge >= 0.3 is 41.7 Å². The fraction of sp³-hybridized carbons (Fsp3) is 0.571. The predicted molar refractivity (Wildman–Crippen MR) is 45.2 cm³/mol. The van der Waals surface area contributed by atoms with Gasteiger partial charge in [0, 0.05) is 0 Å². The first-order valence-electron chi connectivity index (χ1n) is 2.34. The Bertz CT molecular complexity index is 27.1. The Morgan fingerprint density at radius 3 is 1.40 bits per heavy atom. The van der Waals surface area contributed by atoms with Gasteiger partial charge in [-0.2, -0.15) is 0 Å². The summed E-state index contributed by atoms with van der Waals surface area (Å²) in [5, 5.41) is 7.31. The normalized spacial score (nSPS) is 14.4. The Morgan fingerprint density at radius 1 is 0.900 bits per heavy atom. The van der Waals surface area contributed by atoms with Crippen molar-refractivity contribution in [2.24, 2.45) is 0 Å². The van der Waals surface area contributed by atoms with Gasteiger partial charge in [0.25, 0.3) is 0 Å². The summed E-state index contributed by atoms with van der Waals surface area (Å²) in [6.45, 7) is 4.19. The summed E-state index contributed by atoms with van der Waals surface area (Å²) in [6, 6.07) is 0. The molecule has 1 heterocycles. The molecule has 0 bridgehead atoms. The van der Waals surface area contributed by atoms with E-state index in [9.17, 15) is 0 Å². The van der Waals surface area contributed by atoms with Crippen LogP contribution in [-0.2, 0) is 0 Å². The second-order valence-corrected chi connectivity index (χ2v) is 1.42. The molecule has 0 aliphatic carbocycles. The molecule has 0 atom stereocenters. The van der Waals surface area contributed by atoms with Gasteiger partial charge in [0.2, 0.25) is 0 Å². The van der Waals surface area contributed by atoms with Gasteiger partial charge in [0.1, 0.15) is 0 Å². The second kappa shape index (κ2) is 16.7. The summed E-state index contributed by atoms with van der Waals surface area (Å²) in [6.07, 6.45) is 0. The van der Waals surface area contributed by atoms with Crippen molar-refractivity contribution in [2.45, 2.75) is 0 Å². The van der Waals surface area contributed by atoms with E-state index in [4.69, 9.17) is 0 Å². The number of nitrogens with zero attached hydrogens (tertiary/aromatic N) is 1. The molecule has 0 aromatic rings. The van der Waals surface area contributed by atoms with Crippen molar-refractivity contribution in [1.29, 1.82) is 0 Å². The molecule has 0 saturated carbocycles. The molecule has 1 aliphatic heterocycles. The first-order valence-corrected chi connectivity index (χ1v) is 2.34. The van der Waals surface area contributed by atoms with Crippen LogP contribution in [0, 0.1) is 64.0 Å². The van der Waals surface area contributed by atoms with Gasteiger partial charge in [-0.05, 0) is 13.1 Å². The molecule has 1 aliphatic rings. The molecule has 1 fully saturated rings. The summed E-state index contributed by atoms with van der Waals surface area (Å²) in [4.78, 5) is 0. The fourth-order valence-corrected chi connectivity index (χ4v) is 0.553. The molecule has 3 heteroatoms. The Hall–Kier alpha value is 1.30. The van der Waals surface area contributed by atoms with E-state index in [-0.39, 0.29) is 64.0 Å². The first-order chi connectivity index (χ1) is 3.00. The van der Waals surface area contributed by atoms with Crippen molar-refractivity contribution < 1.29 is 41.7 Å². The maximum atomic E-state index is 4.11. The Balaban J connectivity index is -0.0000000450. The maximum absolute atomic E-state index is 4.11. The average molecular weight is 270 g/mol. The van der Waals surface area contributed by atoms with Gasteiger partial charge in [-0.15, -0.1) is 13.1 Å². The monoisotopic (exact) mass is 270 g/mol. The van der Waals surface area contributed by atoms with Crippen molar-refractivity contribution >= 4 is 0 Å². The van der Waals surface area contributed by atoms with Crippen LogP contribution in [0.4, 0.5) is 0 Å². The van der Waals surface area contributed by atoms with Crippen molar-refractivity contribution in [3.05, 3.63) is 27.6 Å². The van der Waals surface area contributed by atoms with E-state index in [1.54, 1.807) is 0 Å². The predicted octanol–water partition coefficient (Wildman–Crippen LogP) is 1.31. The van der Waals surface area contributed by atoms with Gasteiger partial charge in [0.05, 0.1) is 0 Å². The van der Waals surface area contributed by atoms with E-state index < -0.39 is 0 Å². The Morgan fingerprint density at radius 2 is 1.30 bits per heavy atom. The fourth-order valence-electron chi connectivity index (χ4n) is 0.553. The van der Waals surface area contributed by atoms with Crippen LogP contribution in [0.3, 0.4) is 0 Å². The zero-order valence-electron chi connectivity index (χ0n) is 7.28. The number of hydrogen-bond donors (Lipinski definition) is 1. The first kappa shape index (κ1) is 22.5. The molecule has 0 spiro atoms. The smallest absolute Gasteiger partial charge is 0.660 e. The van der Waals surface area contributed by atoms with Crippen LogP contribution >= 0.6 is 0 Å². The maximum Gasteiger partial charge on any atom is 4.00 e. The van der Waals surface area contributed by atoms with E-state index in [2.05, 4.69) is 10.6 Å². The van der Waals surface area contributed by atoms with Gasteiger partial charge in [0.15, 0.2) is 0 Å². The molecular formula is C7H18CeN2. The summed E-state index contributed by atoms with van der Waals surface area (Å²) in [5.74, 6) is 0. The largest absolute Gasteiger partial charge is 4.00 e. The van der Waals surface area contributed by atoms with E-state index >= 15 is 0 Å². The molecule has 60 valence electrons. The minimum absolute atomic E-state index is 0. The van der Waals surface area contributed by atoms with Crippen LogP contribution in [0.15, 0.2) is 0 Å². The second-order valence-electron chi connectivity index (χ2n) is 1.42. The van der Waals surface area contributed by atoms with E-state index in [0.717, 1.165) is 26.2 Å². The minimum Gasteiger partial charge on any atom is -0.660 e. The molecule has 0 aromatic carbocycles. The summed E-state index contributed by atoms with van der Waals surface area (Å²) >= 11 is 0. The molecule has 2 nitrogen and oxygen atoms in total. The molecule has 0 radical (unpaired) electrons. The van der Waals surface area contributed by atoms with Gasteiger partial charge in [-0.3, -0.25) is 0 Å². The number of rotatable bonds is 0. The van der Waals surface area contributed by atoms with Gasteiger partial charge in [-0.25, -0.2) is 0 Å². The molecule has 1 N–H and O–H groups in total. The Labute approximate surface area is 99.9 Å². The minimum atomic E-state index is 0. The number of piperazine rings is 1.